The first-order valence-electron chi connectivity index (χ1n) is 12.7. The summed E-state index contributed by atoms with van der Waals surface area (Å²) < 4.78 is 11.9. The van der Waals surface area contributed by atoms with Gasteiger partial charge in [0.15, 0.2) is 0 Å². The maximum absolute atomic E-state index is 13.0. The number of benzene rings is 5. The fourth-order valence-electron chi connectivity index (χ4n) is 4.22. The average molecular weight is 545 g/mol. The molecule has 5 aromatic carbocycles. The van der Waals surface area contributed by atoms with Crippen LogP contribution >= 0.6 is 11.6 Å². The van der Waals surface area contributed by atoms with Gasteiger partial charge in [-0.15, -0.1) is 0 Å². The molecule has 1 N–H and O–H groups in total. The van der Waals surface area contributed by atoms with Crippen LogP contribution in [0.4, 0.5) is 5.69 Å². The van der Waals surface area contributed by atoms with Crippen LogP contribution in [0, 0.1) is 11.3 Å². The molecule has 0 bridgehead atoms. The van der Waals surface area contributed by atoms with E-state index in [-0.39, 0.29) is 5.57 Å². The van der Waals surface area contributed by atoms with Gasteiger partial charge in [0.05, 0.1) is 0 Å². The molecule has 0 spiro atoms. The molecule has 5 nitrogen and oxygen atoms in total. The van der Waals surface area contributed by atoms with Gasteiger partial charge in [-0.3, -0.25) is 4.79 Å². The van der Waals surface area contributed by atoms with Gasteiger partial charge < -0.3 is 14.8 Å². The van der Waals surface area contributed by atoms with Crippen molar-refractivity contribution in [3.05, 3.63) is 143 Å². The summed E-state index contributed by atoms with van der Waals surface area (Å²) in [5, 5.41) is 15.2. The van der Waals surface area contributed by atoms with Crippen LogP contribution in [0.3, 0.4) is 0 Å². The van der Waals surface area contributed by atoms with E-state index in [1.165, 1.54) is 6.08 Å². The lowest BCUT2D eigenvalue weighted by Gasteiger charge is -2.12. The maximum atomic E-state index is 13.0. The van der Waals surface area contributed by atoms with Crippen molar-refractivity contribution < 1.29 is 14.3 Å². The molecule has 0 saturated carbocycles. The minimum atomic E-state index is -0.541. The van der Waals surface area contributed by atoms with Crippen molar-refractivity contribution in [3.63, 3.8) is 0 Å². The number of hydrogen-bond donors (Lipinski definition) is 1. The standard InChI is InChI=1S/C34H25ClN2O3/c35-29-13-18-33(40-23-26-11-6-10-25-9-4-5-12-32(25)26)27(20-29)19-28(21-36)34(38)37-30-14-16-31(17-15-30)39-22-24-7-2-1-3-8-24/h1-20H,22-23H2,(H,37,38)/b28-19+. The van der Waals surface area contributed by atoms with Crippen molar-refractivity contribution in [3.8, 4) is 17.6 Å². The molecule has 0 unspecified atom stereocenters. The largest absolute Gasteiger partial charge is 0.489 e. The van der Waals surface area contributed by atoms with Crippen LogP contribution in [-0.2, 0) is 18.0 Å². The number of anilines is 1. The third kappa shape index (κ3) is 6.68. The number of nitrogens with zero attached hydrogens (tertiary/aromatic N) is 1. The fourth-order valence-corrected chi connectivity index (χ4v) is 4.40. The average Bonchev–Trinajstić information content (AvgIpc) is 2.99. The van der Waals surface area contributed by atoms with E-state index in [9.17, 15) is 10.1 Å². The van der Waals surface area contributed by atoms with Crippen LogP contribution in [0.2, 0.25) is 5.02 Å². The van der Waals surface area contributed by atoms with E-state index >= 15 is 0 Å². The summed E-state index contributed by atoms with van der Waals surface area (Å²) in [6.07, 6.45) is 1.48. The third-order valence-electron chi connectivity index (χ3n) is 6.26. The molecular formula is C34H25ClN2O3. The van der Waals surface area contributed by atoms with Gasteiger partial charge in [-0.25, -0.2) is 0 Å². The van der Waals surface area contributed by atoms with Crippen LogP contribution in [0.5, 0.6) is 11.5 Å². The van der Waals surface area contributed by atoms with Crippen LogP contribution in [0.25, 0.3) is 16.8 Å². The molecule has 0 atom stereocenters. The highest BCUT2D eigenvalue weighted by molar-refractivity contribution is 6.30. The summed E-state index contributed by atoms with van der Waals surface area (Å²) >= 11 is 6.25. The van der Waals surface area contributed by atoms with Gasteiger partial charge in [-0.2, -0.15) is 5.26 Å². The van der Waals surface area contributed by atoms with Crippen LogP contribution in [0.1, 0.15) is 16.7 Å². The van der Waals surface area contributed by atoms with Crippen molar-refractivity contribution in [2.45, 2.75) is 13.2 Å². The van der Waals surface area contributed by atoms with Crippen molar-refractivity contribution in [1.82, 2.24) is 0 Å². The molecule has 6 heteroatoms. The molecule has 40 heavy (non-hydrogen) atoms. The number of halogens is 1. The third-order valence-corrected chi connectivity index (χ3v) is 6.50. The Labute approximate surface area is 237 Å². The molecule has 0 saturated heterocycles. The number of nitrogens with one attached hydrogen (secondary N) is 1. The molecule has 0 aliphatic heterocycles. The van der Waals surface area contributed by atoms with E-state index < -0.39 is 5.91 Å². The van der Waals surface area contributed by atoms with Gasteiger partial charge in [0.2, 0.25) is 0 Å². The van der Waals surface area contributed by atoms with Gasteiger partial charge in [-0.1, -0.05) is 84.4 Å². The Balaban J connectivity index is 1.28. The second-order valence-corrected chi connectivity index (χ2v) is 9.47. The lowest BCUT2D eigenvalue weighted by atomic mass is 10.1. The van der Waals surface area contributed by atoms with Crippen LogP contribution < -0.4 is 14.8 Å². The molecule has 0 aromatic heterocycles. The molecule has 5 aromatic rings. The number of ether oxygens (including phenoxy) is 2. The highest BCUT2D eigenvalue weighted by Gasteiger charge is 2.13. The zero-order valence-corrected chi connectivity index (χ0v) is 22.3. The number of carbonyl (C=O) groups is 1. The second-order valence-electron chi connectivity index (χ2n) is 9.03. The molecule has 0 aliphatic rings. The summed E-state index contributed by atoms with van der Waals surface area (Å²) in [5.74, 6) is 0.642. The maximum Gasteiger partial charge on any atom is 0.266 e. The topological polar surface area (TPSA) is 71.3 Å². The van der Waals surface area contributed by atoms with E-state index in [1.54, 1.807) is 42.5 Å². The Morgan fingerprint density at radius 1 is 0.825 bits per heavy atom. The van der Waals surface area contributed by atoms with Gasteiger partial charge in [0.1, 0.15) is 36.4 Å². The zero-order chi connectivity index (χ0) is 27.7. The Morgan fingerprint density at radius 2 is 1.57 bits per heavy atom. The van der Waals surface area contributed by atoms with Crippen molar-refractivity contribution in [1.29, 1.82) is 5.26 Å². The van der Waals surface area contributed by atoms with E-state index in [4.69, 9.17) is 21.1 Å². The minimum Gasteiger partial charge on any atom is -0.489 e. The predicted octanol–water partition coefficient (Wildman–Crippen LogP) is 8.20. The summed E-state index contributed by atoms with van der Waals surface area (Å²) in [6, 6.07) is 38.1. The number of nitriles is 1. The van der Waals surface area contributed by atoms with E-state index in [2.05, 4.69) is 23.5 Å². The molecule has 0 fully saturated rings. The number of carbonyl (C=O) groups excluding carboxylic acids is 1. The van der Waals surface area contributed by atoms with Crippen molar-refractivity contribution in [2.75, 3.05) is 5.32 Å². The Bertz CT molecular complexity index is 1700. The highest BCUT2D eigenvalue weighted by atomic mass is 35.5. The van der Waals surface area contributed by atoms with Gasteiger partial charge in [0.25, 0.3) is 5.91 Å². The lowest BCUT2D eigenvalue weighted by molar-refractivity contribution is -0.112. The van der Waals surface area contributed by atoms with Crippen LogP contribution in [0.15, 0.2) is 121 Å². The summed E-state index contributed by atoms with van der Waals surface area (Å²) in [7, 11) is 0. The lowest BCUT2D eigenvalue weighted by Crippen LogP contribution is -2.13. The molecule has 0 heterocycles. The monoisotopic (exact) mass is 544 g/mol. The fraction of sp³-hybridized carbons (Fsp3) is 0.0588. The molecule has 0 aliphatic carbocycles. The summed E-state index contributed by atoms with van der Waals surface area (Å²) in [6.45, 7) is 0.759. The van der Waals surface area contributed by atoms with Gasteiger partial charge >= 0.3 is 0 Å². The summed E-state index contributed by atoms with van der Waals surface area (Å²) in [4.78, 5) is 13.0. The smallest absolute Gasteiger partial charge is 0.266 e. The minimum absolute atomic E-state index is 0.0818. The molecule has 0 radical (unpaired) electrons. The molecular weight excluding hydrogens is 520 g/mol. The van der Waals surface area contributed by atoms with Crippen LogP contribution in [-0.4, -0.2) is 5.91 Å². The van der Waals surface area contributed by atoms with Gasteiger partial charge in [-0.05, 0) is 70.4 Å². The second kappa shape index (κ2) is 12.7. The number of hydrogen-bond acceptors (Lipinski definition) is 4. The molecule has 5 rings (SSSR count). The zero-order valence-electron chi connectivity index (χ0n) is 21.5. The number of fused-ring (bicyclic) bond motifs is 1. The first-order valence-corrected chi connectivity index (χ1v) is 13.1. The molecule has 196 valence electrons. The SMILES string of the molecule is N#C/C(=C\c1cc(Cl)ccc1OCc1cccc2ccccc12)C(=O)Nc1ccc(OCc2ccccc2)cc1. The summed E-state index contributed by atoms with van der Waals surface area (Å²) in [5.41, 5.74) is 3.07. The Hall–Kier alpha value is -5.05. The Kier molecular flexibility index (Phi) is 8.41. The first kappa shape index (κ1) is 26.6. The number of amides is 1. The first-order chi connectivity index (χ1) is 19.6. The highest BCUT2D eigenvalue weighted by Crippen LogP contribution is 2.28. The van der Waals surface area contributed by atoms with E-state index in [1.807, 2.05) is 60.7 Å². The van der Waals surface area contributed by atoms with Crippen molar-refractivity contribution >= 4 is 40.0 Å². The predicted molar refractivity (Wildman–Crippen MR) is 159 cm³/mol. The van der Waals surface area contributed by atoms with E-state index in [0.29, 0.717) is 41.0 Å². The van der Waals surface area contributed by atoms with E-state index in [0.717, 1.165) is 21.9 Å². The normalized spacial score (nSPS) is 11.1. The molecule has 1 amide bonds. The quantitative estimate of drug-likeness (QED) is 0.150. The van der Waals surface area contributed by atoms with Gasteiger partial charge in [0, 0.05) is 16.3 Å². The Morgan fingerprint density at radius 3 is 2.38 bits per heavy atom. The van der Waals surface area contributed by atoms with Crippen molar-refractivity contribution in [2.24, 2.45) is 0 Å². The number of rotatable bonds is 9.